The summed E-state index contributed by atoms with van der Waals surface area (Å²) in [5.74, 6) is 4.95. The second-order valence-electron chi connectivity index (χ2n) is 4.69. The summed E-state index contributed by atoms with van der Waals surface area (Å²) in [5.41, 5.74) is 3.77. The number of amides is 1. The highest BCUT2D eigenvalue weighted by Gasteiger charge is 2.15. The topological polar surface area (TPSA) is 67.6 Å². The molecule has 5 heteroatoms. The molecule has 0 fully saturated rings. The van der Waals surface area contributed by atoms with Gasteiger partial charge in [0.15, 0.2) is 0 Å². The van der Waals surface area contributed by atoms with Crippen molar-refractivity contribution in [2.75, 3.05) is 20.3 Å². The molecule has 0 aliphatic rings. The van der Waals surface area contributed by atoms with E-state index in [1.54, 1.807) is 13.2 Å². The van der Waals surface area contributed by atoms with Gasteiger partial charge in [-0.25, -0.2) is 5.84 Å². The van der Waals surface area contributed by atoms with Crippen LogP contribution in [0, 0.1) is 0 Å². The largest absolute Gasteiger partial charge is 0.383 e. The lowest BCUT2D eigenvalue weighted by molar-refractivity contribution is 0.0948. The third kappa shape index (κ3) is 4.63. The van der Waals surface area contributed by atoms with Crippen molar-refractivity contribution in [3.05, 3.63) is 35.4 Å². The van der Waals surface area contributed by atoms with Gasteiger partial charge in [-0.2, -0.15) is 0 Å². The summed E-state index contributed by atoms with van der Waals surface area (Å²) in [7, 11) is 1.69. The Morgan fingerprint density at radius 1 is 1.42 bits per heavy atom. The average molecular weight is 265 g/mol. The molecule has 1 aromatic carbocycles. The molecule has 0 heterocycles. The summed E-state index contributed by atoms with van der Waals surface area (Å²) in [6.07, 6.45) is 0. The smallest absolute Gasteiger partial charge is 0.265 e. The van der Waals surface area contributed by atoms with Gasteiger partial charge in [-0.05, 0) is 25.5 Å². The van der Waals surface area contributed by atoms with Gasteiger partial charge in [0.25, 0.3) is 5.91 Å². The van der Waals surface area contributed by atoms with Crippen LogP contribution >= 0.6 is 0 Å². The number of nitrogens with zero attached hydrogens (tertiary/aromatic N) is 1. The first kappa shape index (κ1) is 15.6. The maximum Gasteiger partial charge on any atom is 0.265 e. The fraction of sp³-hybridized carbons (Fsp3) is 0.500. The number of carbonyl (C=O) groups is 1. The molecule has 0 spiro atoms. The highest BCUT2D eigenvalue weighted by atomic mass is 16.5. The molecule has 1 aromatic rings. The van der Waals surface area contributed by atoms with Crippen molar-refractivity contribution in [2.45, 2.75) is 26.4 Å². The number of hydrazine groups is 1. The molecule has 0 bridgehead atoms. The summed E-state index contributed by atoms with van der Waals surface area (Å²) < 4.78 is 5.12. The quantitative estimate of drug-likeness (QED) is 0.441. The number of carbonyl (C=O) groups excluding carboxylic acids is 1. The van der Waals surface area contributed by atoms with E-state index in [9.17, 15) is 4.79 Å². The van der Waals surface area contributed by atoms with Gasteiger partial charge in [-0.15, -0.1) is 0 Å². The van der Waals surface area contributed by atoms with E-state index in [4.69, 9.17) is 10.6 Å². The van der Waals surface area contributed by atoms with Crippen molar-refractivity contribution in [3.63, 3.8) is 0 Å². The van der Waals surface area contributed by atoms with Crippen molar-refractivity contribution in [2.24, 2.45) is 5.84 Å². The van der Waals surface area contributed by atoms with Gasteiger partial charge in [0.05, 0.1) is 6.61 Å². The molecule has 0 saturated heterocycles. The molecule has 5 nitrogen and oxygen atoms in total. The van der Waals surface area contributed by atoms with Crippen LogP contribution in [0.1, 0.15) is 29.8 Å². The van der Waals surface area contributed by atoms with Crippen LogP contribution in [0.25, 0.3) is 0 Å². The summed E-state index contributed by atoms with van der Waals surface area (Å²) in [5, 5.41) is 0. The minimum Gasteiger partial charge on any atom is -0.383 e. The third-order valence-corrected chi connectivity index (χ3v) is 3.08. The lowest BCUT2D eigenvalue weighted by Gasteiger charge is -2.27. The Morgan fingerprint density at radius 2 is 2.11 bits per heavy atom. The lowest BCUT2D eigenvalue weighted by atomic mass is 10.1. The van der Waals surface area contributed by atoms with Gasteiger partial charge in [0, 0.05) is 31.8 Å². The predicted octanol–water partition coefficient (Wildman–Crippen LogP) is 1.15. The Bertz CT molecular complexity index is 407. The lowest BCUT2D eigenvalue weighted by Crippen LogP contribution is -2.35. The van der Waals surface area contributed by atoms with Gasteiger partial charge >= 0.3 is 0 Å². The molecule has 0 atom stereocenters. The van der Waals surface area contributed by atoms with Crippen LogP contribution in [0.2, 0.25) is 0 Å². The second-order valence-corrected chi connectivity index (χ2v) is 4.69. The first-order valence-electron chi connectivity index (χ1n) is 6.42. The summed E-state index contributed by atoms with van der Waals surface area (Å²) in [4.78, 5) is 14.0. The zero-order chi connectivity index (χ0) is 14.3. The van der Waals surface area contributed by atoms with E-state index in [1.807, 2.05) is 18.2 Å². The molecule has 0 unspecified atom stereocenters. The molecule has 3 N–H and O–H groups in total. The Labute approximate surface area is 114 Å². The zero-order valence-electron chi connectivity index (χ0n) is 11.8. The highest BCUT2D eigenvalue weighted by molar-refractivity contribution is 5.95. The molecule has 19 heavy (non-hydrogen) atoms. The maximum atomic E-state index is 11.7. The first-order chi connectivity index (χ1) is 9.10. The number of nitrogens with one attached hydrogen (secondary N) is 1. The molecule has 0 aromatic heterocycles. The van der Waals surface area contributed by atoms with E-state index in [0.29, 0.717) is 24.8 Å². The number of rotatable bonds is 7. The Hall–Kier alpha value is -1.43. The predicted molar refractivity (Wildman–Crippen MR) is 75.5 cm³/mol. The maximum absolute atomic E-state index is 11.7. The number of nitrogens with two attached hydrogens (primary N) is 1. The molecule has 0 radical (unpaired) electrons. The molecule has 1 rings (SSSR count). The van der Waals surface area contributed by atoms with Gasteiger partial charge in [0.1, 0.15) is 0 Å². The molecule has 0 saturated carbocycles. The van der Waals surface area contributed by atoms with Crippen molar-refractivity contribution >= 4 is 5.91 Å². The molecular formula is C14H23N3O2. The molecule has 0 aliphatic heterocycles. The fourth-order valence-electron chi connectivity index (χ4n) is 1.90. The van der Waals surface area contributed by atoms with Crippen LogP contribution in [-0.4, -0.2) is 37.1 Å². The fourth-order valence-corrected chi connectivity index (χ4v) is 1.90. The number of hydrogen-bond acceptors (Lipinski definition) is 4. The van der Waals surface area contributed by atoms with E-state index in [1.165, 1.54) is 0 Å². The van der Waals surface area contributed by atoms with Crippen molar-refractivity contribution in [3.8, 4) is 0 Å². The number of benzene rings is 1. The van der Waals surface area contributed by atoms with Gasteiger partial charge in [-0.3, -0.25) is 15.1 Å². The molecule has 106 valence electrons. The number of nitrogen functional groups attached to an aromatic ring is 1. The van der Waals surface area contributed by atoms with Crippen LogP contribution in [0.5, 0.6) is 0 Å². The minimum atomic E-state index is -0.258. The Balaban J connectivity index is 2.86. The molecular weight excluding hydrogens is 242 g/mol. The van der Waals surface area contributed by atoms with Crippen LogP contribution < -0.4 is 11.3 Å². The van der Waals surface area contributed by atoms with Crippen molar-refractivity contribution < 1.29 is 9.53 Å². The first-order valence-corrected chi connectivity index (χ1v) is 6.42. The normalized spacial score (nSPS) is 11.1. The Kier molecular flexibility index (Phi) is 6.49. The van der Waals surface area contributed by atoms with Gasteiger partial charge in [-0.1, -0.05) is 18.2 Å². The third-order valence-electron chi connectivity index (χ3n) is 3.08. The van der Waals surface area contributed by atoms with E-state index in [-0.39, 0.29) is 5.91 Å². The number of methoxy groups -OCH3 is 1. The monoisotopic (exact) mass is 265 g/mol. The average Bonchev–Trinajstić information content (AvgIpc) is 2.42. The van der Waals surface area contributed by atoms with E-state index < -0.39 is 0 Å². The van der Waals surface area contributed by atoms with Crippen LogP contribution in [0.3, 0.4) is 0 Å². The van der Waals surface area contributed by atoms with E-state index in [2.05, 4.69) is 24.2 Å². The highest BCUT2D eigenvalue weighted by Crippen LogP contribution is 2.13. The standard InChI is InChI=1S/C14H23N3O2/c1-11(2)17(8-9-19-3)10-12-6-4-5-7-13(12)14(18)16-15/h4-7,11H,8-10,15H2,1-3H3,(H,16,18). The SMILES string of the molecule is COCCN(Cc1ccccc1C(=O)NN)C(C)C. The van der Waals surface area contributed by atoms with Crippen LogP contribution in [0.15, 0.2) is 24.3 Å². The van der Waals surface area contributed by atoms with Crippen molar-refractivity contribution in [1.29, 1.82) is 0 Å². The molecule has 0 aliphatic carbocycles. The zero-order valence-corrected chi connectivity index (χ0v) is 11.8. The second kappa shape index (κ2) is 7.89. The van der Waals surface area contributed by atoms with Gasteiger partial charge in [0.2, 0.25) is 0 Å². The minimum absolute atomic E-state index is 0.258. The number of hydrogen-bond donors (Lipinski definition) is 2. The van der Waals surface area contributed by atoms with Crippen LogP contribution in [-0.2, 0) is 11.3 Å². The van der Waals surface area contributed by atoms with Crippen LogP contribution in [0.4, 0.5) is 0 Å². The summed E-state index contributed by atoms with van der Waals surface area (Å²) in [6.45, 7) is 6.45. The van der Waals surface area contributed by atoms with Crippen molar-refractivity contribution in [1.82, 2.24) is 10.3 Å². The van der Waals surface area contributed by atoms with Gasteiger partial charge < -0.3 is 4.74 Å². The summed E-state index contributed by atoms with van der Waals surface area (Å²) in [6, 6.07) is 7.88. The Morgan fingerprint density at radius 3 is 2.68 bits per heavy atom. The number of ether oxygens (including phenoxy) is 1. The van der Waals surface area contributed by atoms with E-state index >= 15 is 0 Å². The summed E-state index contributed by atoms with van der Waals surface area (Å²) >= 11 is 0. The molecule has 1 amide bonds. The van der Waals surface area contributed by atoms with E-state index in [0.717, 1.165) is 12.1 Å².